The molecule has 0 saturated heterocycles. The maximum atomic E-state index is 13.5. The highest BCUT2D eigenvalue weighted by molar-refractivity contribution is 9.11. The number of carbonyl (C=O) groups is 2. The maximum Gasteiger partial charge on any atom is 0.343 e. The van der Waals surface area contributed by atoms with Gasteiger partial charge in [0, 0.05) is 49.2 Å². The van der Waals surface area contributed by atoms with Crippen molar-refractivity contribution in [2.75, 3.05) is 0 Å². The molecule has 0 aliphatic carbocycles. The highest BCUT2D eigenvalue weighted by Crippen LogP contribution is 2.38. The molecular formula is C31H21Br2ClN4O5. The number of hydrogen-bond donors (Lipinski definition) is 2. The van der Waals surface area contributed by atoms with Gasteiger partial charge in [-0.2, -0.15) is 5.10 Å². The number of esters is 1. The lowest BCUT2D eigenvalue weighted by atomic mass is 9.99. The third kappa shape index (κ3) is 6.38. The molecule has 0 aliphatic heterocycles. The first-order valence-electron chi connectivity index (χ1n) is 12.9. The number of ether oxygens (including phenoxy) is 1. The molecule has 0 spiro atoms. The summed E-state index contributed by atoms with van der Waals surface area (Å²) in [7, 11) is 0. The van der Waals surface area contributed by atoms with Gasteiger partial charge in [-0.25, -0.2) is 10.2 Å². The Morgan fingerprint density at radius 1 is 1.07 bits per heavy atom. The Morgan fingerprint density at radius 3 is 2.51 bits per heavy atom. The van der Waals surface area contributed by atoms with E-state index in [-0.39, 0.29) is 17.0 Å². The Labute approximate surface area is 267 Å². The maximum absolute atomic E-state index is 13.5. The minimum absolute atomic E-state index is 0.119. The third-order valence-corrected chi connectivity index (χ3v) is 7.96. The number of hydrazone groups is 1. The molecule has 0 fully saturated rings. The molecule has 216 valence electrons. The summed E-state index contributed by atoms with van der Waals surface area (Å²) in [6, 6.07) is 21.6. The second-order valence-corrected chi connectivity index (χ2v) is 11.4. The summed E-state index contributed by atoms with van der Waals surface area (Å²) in [6.45, 7) is 2.04. The van der Waals surface area contributed by atoms with Crippen molar-refractivity contribution in [3.63, 3.8) is 0 Å². The molecule has 0 aliphatic rings. The van der Waals surface area contributed by atoms with Gasteiger partial charge in [-0.3, -0.25) is 14.9 Å². The van der Waals surface area contributed by atoms with Crippen molar-refractivity contribution in [2.24, 2.45) is 5.10 Å². The van der Waals surface area contributed by atoms with Crippen molar-refractivity contribution < 1.29 is 19.2 Å². The average molecular weight is 725 g/mol. The van der Waals surface area contributed by atoms with Crippen LogP contribution in [0.5, 0.6) is 5.75 Å². The number of benzene rings is 4. The number of aryl methyl sites for hydroxylation is 1. The quantitative estimate of drug-likeness (QED) is 0.0546. The number of H-pyrrole nitrogens is 1. The summed E-state index contributed by atoms with van der Waals surface area (Å²) in [5.74, 6) is -1.09. The van der Waals surface area contributed by atoms with Gasteiger partial charge in [0.15, 0.2) is 5.75 Å². The lowest BCUT2D eigenvalue weighted by Crippen LogP contribution is -2.19. The Kier molecular flexibility index (Phi) is 9.05. The highest BCUT2D eigenvalue weighted by atomic mass is 79.9. The second kappa shape index (κ2) is 12.9. The van der Waals surface area contributed by atoms with Crippen molar-refractivity contribution in [3.05, 3.63) is 125 Å². The molecule has 2 N–H and O–H groups in total. The van der Waals surface area contributed by atoms with E-state index in [0.717, 1.165) is 22.9 Å². The van der Waals surface area contributed by atoms with Crippen LogP contribution in [-0.2, 0) is 6.42 Å². The van der Waals surface area contributed by atoms with Crippen LogP contribution in [0.1, 0.15) is 38.9 Å². The van der Waals surface area contributed by atoms with E-state index in [9.17, 15) is 19.7 Å². The number of nitrogens with one attached hydrogen (secondary N) is 2. The first-order valence-corrected chi connectivity index (χ1v) is 14.8. The molecule has 0 radical (unpaired) electrons. The molecule has 5 rings (SSSR count). The SMILES string of the molecule is CCc1cccc2c(-c3ccccc3Cl)c(C(=O)NN=Cc3cc(Br)cc(Br)c3OC(=O)c3ccc([N+](=O)[O-])cc3)[nH]c12. The van der Waals surface area contributed by atoms with Gasteiger partial charge in [-0.1, -0.05) is 70.9 Å². The fourth-order valence-corrected chi connectivity index (χ4v) is 6.13. The van der Waals surface area contributed by atoms with Gasteiger partial charge in [0.05, 0.1) is 21.2 Å². The average Bonchev–Trinajstić information content (AvgIpc) is 3.38. The number of fused-ring (bicyclic) bond motifs is 1. The van der Waals surface area contributed by atoms with Crippen molar-refractivity contribution >= 4 is 78.1 Å². The van der Waals surface area contributed by atoms with Crippen LogP contribution in [0.4, 0.5) is 5.69 Å². The Bertz CT molecular complexity index is 1920. The fraction of sp³-hybridized carbons (Fsp3) is 0.0645. The largest absolute Gasteiger partial charge is 0.421 e. The van der Waals surface area contributed by atoms with Crippen LogP contribution in [0.15, 0.2) is 92.9 Å². The van der Waals surface area contributed by atoms with Gasteiger partial charge < -0.3 is 9.72 Å². The summed E-state index contributed by atoms with van der Waals surface area (Å²) in [4.78, 5) is 40.0. The van der Waals surface area contributed by atoms with E-state index in [1.807, 2.05) is 43.3 Å². The highest BCUT2D eigenvalue weighted by Gasteiger charge is 2.22. The zero-order valence-corrected chi connectivity index (χ0v) is 26.3. The predicted octanol–water partition coefficient (Wildman–Crippen LogP) is 8.47. The Morgan fingerprint density at radius 2 is 1.81 bits per heavy atom. The number of nitrogens with zero attached hydrogens (tertiary/aromatic N) is 2. The van der Waals surface area contributed by atoms with Crippen LogP contribution >= 0.6 is 43.5 Å². The molecule has 43 heavy (non-hydrogen) atoms. The van der Waals surface area contributed by atoms with Crippen LogP contribution in [0, 0.1) is 10.1 Å². The van der Waals surface area contributed by atoms with Crippen molar-refractivity contribution in [1.29, 1.82) is 0 Å². The fourth-order valence-electron chi connectivity index (χ4n) is 4.56. The lowest BCUT2D eigenvalue weighted by molar-refractivity contribution is -0.384. The van der Waals surface area contributed by atoms with E-state index in [1.165, 1.54) is 30.5 Å². The third-order valence-electron chi connectivity index (χ3n) is 6.59. The monoisotopic (exact) mass is 722 g/mol. The van der Waals surface area contributed by atoms with E-state index in [2.05, 4.69) is 47.4 Å². The number of non-ortho nitro benzene ring substituents is 1. The normalized spacial score (nSPS) is 11.2. The number of rotatable bonds is 8. The smallest absolute Gasteiger partial charge is 0.343 e. The molecule has 1 amide bonds. The van der Waals surface area contributed by atoms with E-state index in [4.69, 9.17) is 16.3 Å². The molecule has 4 aromatic carbocycles. The minimum Gasteiger partial charge on any atom is -0.421 e. The van der Waals surface area contributed by atoms with Crippen LogP contribution in [0.3, 0.4) is 0 Å². The summed E-state index contributed by atoms with van der Waals surface area (Å²) in [5.41, 5.74) is 6.44. The summed E-state index contributed by atoms with van der Waals surface area (Å²) >= 11 is 13.4. The number of hydrogen-bond acceptors (Lipinski definition) is 6. The number of amides is 1. The van der Waals surface area contributed by atoms with Crippen molar-refractivity contribution in [2.45, 2.75) is 13.3 Å². The molecule has 12 heteroatoms. The molecule has 5 aromatic rings. The standard InChI is InChI=1S/C31H21Br2ClN4O5/c1-2-17-6-5-8-23-26(22-7-3-4-9-25(22)34)28(36-27(17)23)30(39)37-35-16-19-14-20(32)15-24(33)29(19)43-31(40)18-10-12-21(13-11-18)38(41)42/h3-16,36H,2H2,1H3,(H,37,39). The van der Waals surface area contributed by atoms with Crippen LogP contribution in [0.2, 0.25) is 5.02 Å². The molecule has 1 aromatic heterocycles. The first kappa shape index (κ1) is 30.1. The van der Waals surface area contributed by atoms with Gasteiger partial charge in [-0.15, -0.1) is 0 Å². The molecule has 0 bridgehead atoms. The summed E-state index contributed by atoms with van der Waals surface area (Å²) < 4.78 is 6.71. The number of halogens is 3. The second-order valence-electron chi connectivity index (χ2n) is 9.25. The van der Waals surface area contributed by atoms with E-state index in [1.54, 1.807) is 18.2 Å². The molecular weight excluding hydrogens is 704 g/mol. The zero-order chi connectivity index (χ0) is 30.7. The van der Waals surface area contributed by atoms with Gasteiger partial charge in [0.1, 0.15) is 5.69 Å². The first-order chi connectivity index (χ1) is 20.7. The van der Waals surface area contributed by atoms with Crippen LogP contribution < -0.4 is 10.2 Å². The molecule has 0 saturated carbocycles. The topological polar surface area (TPSA) is 127 Å². The van der Waals surface area contributed by atoms with Gasteiger partial charge >= 0.3 is 5.97 Å². The Balaban J connectivity index is 1.45. The molecule has 9 nitrogen and oxygen atoms in total. The number of carbonyl (C=O) groups excluding carboxylic acids is 2. The minimum atomic E-state index is -0.731. The number of nitro benzene ring substituents is 1. The van der Waals surface area contributed by atoms with Gasteiger partial charge in [0.2, 0.25) is 0 Å². The summed E-state index contributed by atoms with van der Waals surface area (Å²) in [6.07, 6.45) is 2.11. The van der Waals surface area contributed by atoms with Gasteiger partial charge in [0.25, 0.3) is 11.6 Å². The summed E-state index contributed by atoms with van der Waals surface area (Å²) in [5, 5.41) is 16.5. The Hall–Kier alpha value is -4.32. The van der Waals surface area contributed by atoms with Crippen LogP contribution in [-0.4, -0.2) is 28.0 Å². The van der Waals surface area contributed by atoms with E-state index < -0.39 is 16.8 Å². The molecule has 1 heterocycles. The lowest BCUT2D eigenvalue weighted by Gasteiger charge is -2.11. The molecule has 0 atom stereocenters. The number of nitro groups is 1. The number of aromatic nitrogens is 1. The zero-order valence-electron chi connectivity index (χ0n) is 22.4. The predicted molar refractivity (Wildman–Crippen MR) is 173 cm³/mol. The van der Waals surface area contributed by atoms with Crippen molar-refractivity contribution in [3.8, 4) is 16.9 Å². The van der Waals surface area contributed by atoms with E-state index >= 15 is 0 Å². The van der Waals surface area contributed by atoms with Crippen LogP contribution in [0.25, 0.3) is 22.0 Å². The number of para-hydroxylation sites is 1. The van der Waals surface area contributed by atoms with Gasteiger partial charge in [-0.05, 0) is 58.2 Å². The van der Waals surface area contributed by atoms with Crippen molar-refractivity contribution in [1.82, 2.24) is 10.4 Å². The van der Waals surface area contributed by atoms with E-state index in [0.29, 0.717) is 36.4 Å². The molecule has 0 unspecified atom stereocenters. The number of aromatic amines is 1.